The number of hydrogen-bond acceptors (Lipinski definition) is 9. The molecule has 2 N–H and O–H groups in total. The summed E-state index contributed by atoms with van der Waals surface area (Å²) in [6, 6.07) is 0. The number of esters is 2. The minimum atomic E-state index is -0.793. The van der Waals surface area contributed by atoms with Crippen LogP contribution in [0.1, 0.15) is 41.5 Å². The quantitative estimate of drug-likeness (QED) is 0.605. The van der Waals surface area contributed by atoms with E-state index in [9.17, 15) is 19.8 Å². The second kappa shape index (κ2) is 10.2. The fraction of sp³-hybridized carbons (Fsp3) is 0.900. The molecule has 10 atom stereocenters. The van der Waals surface area contributed by atoms with Crippen LogP contribution in [0.4, 0.5) is 0 Å². The first-order chi connectivity index (χ1) is 13.6. The van der Waals surface area contributed by atoms with E-state index in [1.807, 2.05) is 27.7 Å². The zero-order valence-corrected chi connectivity index (χ0v) is 17.9. The largest absolute Gasteiger partial charge is 0.463 e. The van der Waals surface area contributed by atoms with Crippen LogP contribution in [0.5, 0.6) is 0 Å². The summed E-state index contributed by atoms with van der Waals surface area (Å²) in [6.07, 6.45) is -4.18. The Hall–Kier alpha value is -1.26. The third kappa shape index (κ3) is 5.67. The zero-order valence-electron chi connectivity index (χ0n) is 17.9. The lowest BCUT2D eigenvalue weighted by atomic mass is 9.83. The van der Waals surface area contributed by atoms with Gasteiger partial charge >= 0.3 is 11.9 Å². The summed E-state index contributed by atoms with van der Waals surface area (Å²) in [7, 11) is 0. The fourth-order valence-electron chi connectivity index (χ4n) is 3.84. The molecule has 2 rings (SSSR count). The number of carbonyl (C=O) groups excluding carboxylic acids is 2. The summed E-state index contributed by atoms with van der Waals surface area (Å²) >= 11 is 0. The maximum Gasteiger partial charge on any atom is 0.304 e. The van der Waals surface area contributed by atoms with Gasteiger partial charge in [-0.15, -0.1) is 0 Å². The molecule has 10 unspecified atom stereocenters. The van der Waals surface area contributed by atoms with E-state index in [2.05, 4.69) is 0 Å². The van der Waals surface area contributed by atoms with Gasteiger partial charge in [-0.1, -0.05) is 27.7 Å². The van der Waals surface area contributed by atoms with Crippen molar-refractivity contribution in [3.63, 3.8) is 0 Å². The van der Waals surface area contributed by atoms with E-state index in [0.717, 1.165) is 0 Å². The molecule has 0 aliphatic carbocycles. The van der Waals surface area contributed by atoms with Gasteiger partial charge in [0, 0.05) is 25.7 Å². The van der Waals surface area contributed by atoms with Crippen molar-refractivity contribution in [1.82, 2.24) is 0 Å². The molecular formula is C20H34O9. The monoisotopic (exact) mass is 418 g/mol. The van der Waals surface area contributed by atoms with Crippen LogP contribution in [0.3, 0.4) is 0 Å². The van der Waals surface area contributed by atoms with Crippen molar-refractivity contribution in [2.45, 2.75) is 78.5 Å². The normalized spacial score (nSPS) is 42.9. The van der Waals surface area contributed by atoms with Crippen LogP contribution >= 0.6 is 0 Å². The molecule has 0 aromatic heterocycles. The Morgan fingerprint density at radius 2 is 1.45 bits per heavy atom. The number of carbonyl (C=O) groups is 2. The molecule has 0 aromatic carbocycles. The molecule has 2 aliphatic heterocycles. The van der Waals surface area contributed by atoms with E-state index in [1.165, 1.54) is 13.8 Å². The minimum absolute atomic E-state index is 0.0580. The molecule has 0 bridgehead atoms. The molecule has 2 saturated heterocycles. The summed E-state index contributed by atoms with van der Waals surface area (Å²) in [5.41, 5.74) is 0. The standard InChI is InChI=1S/C20H34O9/c1-9-11(3)20(27-15(7-21)17(9)24)29-18-10(2)12(4)19(26-14(6)23)28-16(18)8-25-13(5)22/h9-12,15-21,24H,7-8H2,1-6H3. The third-order valence-corrected chi connectivity index (χ3v) is 6.14. The molecule has 2 aliphatic rings. The Labute approximate surface area is 171 Å². The van der Waals surface area contributed by atoms with Crippen molar-refractivity contribution in [1.29, 1.82) is 0 Å². The summed E-state index contributed by atoms with van der Waals surface area (Å²) in [4.78, 5) is 22.7. The lowest BCUT2D eigenvalue weighted by Crippen LogP contribution is -2.57. The lowest BCUT2D eigenvalue weighted by Gasteiger charge is -2.48. The van der Waals surface area contributed by atoms with Gasteiger partial charge in [0.2, 0.25) is 6.29 Å². The average Bonchev–Trinajstić information content (AvgIpc) is 2.66. The highest BCUT2D eigenvalue weighted by atomic mass is 16.7. The molecule has 0 amide bonds. The number of aliphatic hydroxyl groups is 2. The topological polar surface area (TPSA) is 121 Å². The van der Waals surface area contributed by atoms with Crippen LogP contribution in [-0.4, -0.2) is 72.4 Å². The third-order valence-electron chi connectivity index (χ3n) is 6.14. The van der Waals surface area contributed by atoms with Crippen LogP contribution in [0.2, 0.25) is 0 Å². The second-order valence-electron chi connectivity index (χ2n) is 8.21. The highest BCUT2D eigenvalue weighted by Crippen LogP contribution is 2.38. The summed E-state index contributed by atoms with van der Waals surface area (Å²) in [6.45, 7) is 9.86. The van der Waals surface area contributed by atoms with Gasteiger partial charge in [-0.2, -0.15) is 0 Å². The summed E-state index contributed by atoms with van der Waals surface area (Å²) < 4.78 is 28.4. The highest BCUT2D eigenvalue weighted by molar-refractivity contribution is 5.66. The number of rotatable bonds is 6. The number of ether oxygens (including phenoxy) is 5. The van der Waals surface area contributed by atoms with Crippen molar-refractivity contribution in [3.05, 3.63) is 0 Å². The van der Waals surface area contributed by atoms with Crippen molar-refractivity contribution in [2.75, 3.05) is 13.2 Å². The smallest absolute Gasteiger partial charge is 0.304 e. The van der Waals surface area contributed by atoms with Gasteiger partial charge in [-0.05, 0) is 11.8 Å². The molecule has 29 heavy (non-hydrogen) atoms. The second-order valence-corrected chi connectivity index (χ2v) is 8.21. The molecule has 0 radical (unpaired) electrons. The van der Waals surface area contributed by atoms with Gasteiger partial charge in [0.25, 0.3) is 0 Å². The van der Waals surface area contributed by atoms with Crippen LogP contribution in [0.15, 0.2) is 0 Å². The van der Waals surface area contributed by atoms with E-state index in [-0.39, 0.29) is 36.9 Å². The summed E-state index contributed by atoms with van der Waals surface area (Å²) in [5, 5.41) is 19.8. The lowest BCUT2D eigenvalue weighted by molar-refractivity contribution is -0.328. The molecular weight excluding hydrogens is 384 g/mol. The first-order valence-electron chi connectivity index (χ1n) is 10.1. The summed E-state index contributed by atoms with van der Waals surface area (Å²) in [5.74, 6) is -1.49. The highest BCUT2D eigenvalue weighted by Gasteiger charge is 2.48. The van der Waals surface area contributed by atoms with Crippen molar-refractivity contribution >= 4 is 11.9 Å². The van der Waals surface area contributed by atoms with Crippen LogP contribution < -0.4 is 0 Å². The van der Waals surface area contributed by atoms with Gasteiger partial charge in [0.1, 0.15) is 18.8 Å². The molecule has 9 heteroatoms. The number of hydrogen-bond donors (Lipinski definition) is 2. The van der Waals surface area contributed by atoms with E-state index in [0.29, 0.717) is 0 Å². The van der Waals surface area contributed by atoms with Crippen molar-refractivity contribution in [2.24, 2.45) is 23.7 Å². The average molecular weight is 418 g/mol. The predicted octanol–water partition coefficient (Wildman–Crippen LogP) is 0.845. The SMILES string of the molecule is CC(=O)OCC1OC(OC(C)=O)C(C)C(C)C1OC1OC(CO)C(O)C(C)C1C. The molecule has 168 valence electrons. The Kier molecular flexibility index (Phi) is 8.42. The first kappa shape index (κ1) is 24.0. The Bertz CT molecular complexity index is 566. The molecule has 0 saturated carbocycles. The predicted molar refractivity (Wildman–Crippen MR) is 100 cm³/mol. The number of aliphatic hydroxyl groups excluding tert-OH is 2. The molecule has 0 aromatic rings. The van der Waals surface area contributed by atoms with Crippen molar-refractivity contribution < 1.29 is 43.5 Å². The van der Waals surface area contributed by atoms with E-state index < -0.39 is 48.9 Å². The Morgan fingerprint density at radius 1 is 0.862 bits per heavy atom. The molecule has 2 fully saturated rings. The van der Waals surface area contributed by atoms with Gasteiger partial charge in [0.15, 0.2) is 6.29 Å². The van der Waals surface area contributed by atoms with Gasteiger partial charge in [-0.25, -0.2) is 0 Å². The zero-order chi connectivity index (χ0) is 21.9. The molecule has 9 nitrogen and oxygen atoms in total. The van der Waals surface area contributed by atoms with E-state index in [4.69, 9.17) is 23.7 Å². The Balaban J connectivity index is 2.19. The van der Waals surface area contributed by atoms with E-state index in [1.54, 1.807) is 0 Å². The fourth-order valence-corrected chi connectivity index (χ4v) is 3.84. The van der Waals surface area contributed by atoms with Gasteiger partial charge < -0.3 is 33.9 Å². The van der Waals surface area contributed by atoms with Crippen LogP contribution in [0, 0.1) is 23.7 Å². The van der Waals surface area contributed by atoms with Crippen LogP contribution in [0.25, 0.3) is 0 Å². The molecule has 0 spiro atoms. The molecule has 2 heterocycles. The Morgan fingerprint density at radius 3 is 2.00 bits per heavy atom. The van der Waals surface area contributed by atoms with E-state index >= 15 is 0 Å². The van der Waals surface area contributed by atoms with Gasteiger partial charge in [-0.3, -0.25) is 9.59 Å². The first-order valence-corrected chi connectivity index (χ1v) is 10.1. The van der Waals surface area contributed by atoms with Crippen LogP contribution in [-0.2, 0) is 33.3 Å². The maximum absolute atomic E-state index is 11.4. The van der Waals surface area contributed by atoms with Gasteiger partial charge in [0.05, 0.1) is 18.8 Å². The van der Waals surface area contributed by atoms with Crippen molar-refractivity contribution in [3.8, 4) is 0 Å². The maximum atomic E-state index is 11.4. The minimum Gasteiger partial charge on any atom is -0.463 e.